The molecule has 2 rings (SSSR count). The molecule has 0 saturated heterocycles. The maximum absolute atomic E-state index is 12.3. The lowest BCUT2D eigenvalue weighted by molar-refractivity contribution is -0.149. The molecule has 0 aromatic heterocycles. The SMILES string of the molecule is CC(C)OC(=O)C(Cc1ccccc1)c1ccccc1. The Morgan fingerprint density at radius 3 is 2.05 bits per heavy atom. The predicted molar refractivity (Wildman–Crippen MR) is 80.6 cm³/mol. The zero-order valence-corrected chi connectivity index (χ0v) is 12.0. The Kier molecular flexibility index (Phi) is 4.94. The molecule has 2 aromatic rings. The third-order valence-electron chi connectivity index (χ3n) is 3.12. The third kappa shape index (κ3) is 3.95. The van der Waals surface area contributed by atoms with Gasteiger partial charge in [-0.1, -0.05) is 60.7 Å². The van der Waals surface area contributed by atoms with Gasteiger partial charge in [0.25, 0.3) is 0 Å². The van der Waals surface area contributed by atoms with Crippen molar-refractivity contribution >= 4 is 5.97 Å². The van der Waals surface area contributed by atoms with E-state index in [0.29, 0.717) is 6.42 Å². The molecular formula is C18H20O2. The van der Waals surface area contributed by atoms with Crippen molar-refractivity contribution in [3.63, 3.8) is 0 Å². The molecular weight excluding hydrogens is 248 g/mol. The second-order valence-electron chi connectivity index (χ2n) is 5.14. The summed E-state index contributed by atoms with van der Waals surface area (Å²) in [6, 6.07) is 19.9. The topological polar surface area (TPSA) is 26.3 Å². The minimum absolute atomic E-state index is 0.0931. The van der Waals surface area contributed by atoms with Crippen LogP contribution in [-0.2, 0) is 16.0 Å². The first kappa shape index (κ1) is 14.3. The predicted octanol–water partition coefficient (Wildman–Crippen LogP) is 3.96. The van der Waals surface area contributed by atoms with Crippen molar-refractivity contribution in [3.8, 4) is 0 Å². The van der Waals surface area contributed by atoms with Gasteiger partial charge in [-0.05, 0) is 31.4 Å². The standard InChI is InChI=1S/C18H20O2/c1-14(2)20-18(19)17(16-11-7-4-8-12-16)13-15-9-5-3-6-10-15/h3-12,14,17H,13H2,1-2H3. The fraction of sp³-hybridized carbons (Fsp3) is 0.278. The molecule has 20 heavy (non-hydrogen) atoms. The highest BCUT2D eigenvalue weighted by Crippen LogP contribution is 2.23. The Morgan fingerprint density at radius 2 is 1.50 bits per heavy atom. The van der Waals surface area contributed by atoms with Crippen LogP contribution < -0.4 is 0 Å². The highest BCUT2D eigenvalue weighted by molar-refractivity contribution is 5.78. The van der Waals surface area contributed by atoms with Crippen LogP contribution in [0.4, 0.5) is 0 Å². The van der Waals surface area contributed by atoms with Crippen LogP contribution in [0.5, 0.6) is 0 Å². The molecule has 0 radical (unpaired) electrons. The largest absolute Gasteiger partial charge is 0.462 e. The minimum Gasteiger partial charge on any atom is -0.462 e. The van der Waals surface area contributed by atoms with Crippen LogP contribution in [0, 0.1) is 0 Å². The highest BCUT2D eigenvalue weighted by Gasteiger charge is 2.23. The van der Waals surface area contributed by atoms with Crippen LogP contribution in [0.15, 0.2) is 60.7 Å². The van der Waals surface area contributed by atoms with Crippen LogP contribution in [0.3, 0.4) is 0 Å². The van der Waals surface area contributed by atoms with Crippen molar-refractivity contribution in [2.75, 3.05) is 0 Å². The van der Waals surface area contributed by atoms with Gasteiger partial charge < -0.3 is 4.74 Å². The highest BCUT2D eigenvalue weighted by atomic mass is 16.5. The van der Waals surface area contributed by atoms with Gasteiger partial charge in [-0.2, -0.15) is 0 Å². The lowest BCUT2D eigenvalue weighted by atomic mass is 9.92. The molecule has 104 valence electrons. The lowest BCUT2D eigenvalue weighted by Gasteiger charge is -2.18. The number of esters is 1. The van der Waals surface area contributed by atoms with Crippen molar-refractivity contribution in [2.45, 2.75) is 32.3 Å². The van der Waals surface area contributed by atoms with Crippen LogP contribution in [-0.4, -0.2) is 12.1 Å². The number of benzene rings is 2. The molecule has 0 aliphatic rings. The zero-order valence-electron chi connectivity index (χ0n) is 12.0. The Morgan fingerprint density at radius 1 is 0.950 bits per heavy atom. The van der Waals surface area contributed by atoms with E-state index < -0.39 is 0 Å². The summed E-state index contributed by atoms with van der Waals surface area (Å²) in [5.74, 6) is -0.406. The zero-order chi connectivity index (χ0) is 14.4. The first-order chi connectivity index (χ1) is 9.66. The Balaban J connectivity index is 2.23. The van der Waals surface area contributed by atoms with Gasteiger partial charge in [0.1, 0.15) is 0 Å². The maximum atomic E-state index is 12.3. The lowest BCUT2D eigenvalue weighted by Crippen LogP contribution is -2.21. The average molecular weight is 268 g/mol. The van der Waals surface area contributed by atoms with E-state index in [-0.39, 0.29) is 18.0 Å². The van der Waals surface area contributed by atoms with E-state index in [9.17, 15) is 4.79 Å². The van der Waals surface area contributed by atoms with E-state index in [1.54, 1.807) is 0 Å². The smallest absolute Gasteiger partial charge is 0.314 e. The summed E-state index contributed by atoms with van der Waals surface area (Å²) < 4.78 is 5.40. The van der Waals surface area contributed by atoms with Gasteiger partial charge in [-0.3, -0.25) is 4.79 Å². The van der Waals surface area contributed by atoms with E-state index in [1.165, 1.54) is 0 Å². The summed E-state index contributed by atoms with van der Waals surface area (Å²) in [4.78, 5) is 12.3. The molecule has 0 aliphatic heterocycles. The number of hydrogen-bond acceptors (Lipinski definition) is 2. The van der Waals surface area contributed by atoms with Crippen molar-refractivity contribution in [3.05, 3.63) is 71.8 Å². The number of carbonyl (C=O) groups is 1. The van der Waals surface area contributed by atoms with E-state index in [0.717, 1.165) is 11.1 Å². The first-order valence-corrected chi connectivity index (χ1v) is 6.96. The van der Waals surface area contributed by atoms with Crippen molar-refractivity contribution < 1.29 is 9.53 Å². The normalized spacial score (nSPS) is 12.2. The molecule has 0 spiro atoms. The Labute approximate surface area is 120 Å². The molecule has 1 unspecified atom stereocenters. The van der Waals surface area contributed by atoms with Gasteiger partial charge in [0.2, 0.25) is 0 Å². The monoisotopic (exact) mass is 268 g/mol. The van der Waals surface area contributed by atoms with Crippen molar-refractivity contribution in [2.24, 2.45) is 0 Å². The Bertz CT molecular complexity index is 532. The molecule has 0 heterocycles. The van der Waals surface area contributed by atoms with E-state index in [1.807, 2.05) is 74.5 Å². The molecule has 2 aromatic carbocycles. The van der Waals surface area contributed by atoms with Crippen molar-refractivity contribution in [1.29, 1.82) is 0 Å². The third-order valence-corrected chi connectivity index (χ3v) is 3.12. The fourth-order valence-electron chi connectivity index (χ4n) is 2.19. The van der Waals surface area contributed by atoms with Crippen LogP contribution in [0.25, 0.3) is 0 Å². The first-order valence-electron chi connectivity index (χ1n) is 6.96. The molecule has 0 saturated carbocycles. The van der Waals surface area contributed by atoms with Gasteiger partial charge >= 0.3 is 5.97 Å². The molecule has 0 aliphatic carbocycles. The number of carbonyl (C=O) groups excluding carboxylic acids is 1. The van der Waals surface area contributed by atoms with Gasteiger partial charge in [0.05, 0.1) is 12.0 Å². The number of hydrogen-bond donors (Lipinski definition) is 0. The molecule has 2 nitrogen and oxygen atoms in total. The summed E-state index contributed by atoms with van der Waals surface area (Å²) in [6.07, 6.45) is 0.570. The summed E-state index contributed by atoms with van der Waals surface area (Å²) >= 11 is 0. The number of ether oxygens (including phenoxy) is 1. The van der Waals surface area contributed by atoms with Crippen LogP contribution in [0.2, 0.25) is 0 Å². The summed E-state index contributed by atoms with van der Waals surface area (Å²) in [6.45, 7) is 3.75. The second kappa shape index (κ2) is 6.90. The van der Waals surface area contributed by atoms with Crippen LogP contribution >= 0.6 is 0 Å². The van der Waals surface area contributed by atoms with E-state index in [4.69, 9.17) is 4.74 Å². The van der Waals surface area contributed by atoms with E-state index in [2.05, 4.69) is 0 Å². The molecule has 2 heteroatoms. The van der Waals surface area contributed by atoms with Gasteiger partial charge in [-0.25, -0.2) is 0 Å². The van der Waals surface area contributed by atoms with Gasteiger partial charge in [0.15, 0.2) is 0 Å². The molecule has 0 bridgehead atoms. The number of rotatable bonds is 5. The van der Waals surface area contributed by atoms with Gasteiger partial charge in [-0.15, -0.1) is 0 Å². The van der Waals surface area contributed by atoms with Crippen molar-refractivity contribution in [1.82, 2.24) is 0 Å². The summed E-state index contributed by atoms with van der Waals surface area (Å²) in [5.41, 5.74) is 2.14. The van der Waals surface area contributed by atoms with E-state index >= 15 is 0 Å². The van der Waals surface area contributed by atoms with Crippen LogP contribution in [0.1, 0.15) is 30.9 Å². The summed E-state index contributed by atoms with van der Waals surface area (Å²) in [7, 11) is 0. The summed E-state index contributed by atoms with van der Waals surface area (Å²) in [5, 5.41) is 0. The maximum Gasteiger partial charge on any atom is 0.314 e. The van der Waals surface area contributed by atoms with Gasteiger partial charge in [0, 0.05) is 0 Å². The average Bonchev–Trinajstić information content (AvgIpc) is 2.46. The molecule has 0 N–H and O–H groups in total. The Hall–Kier alpha value is -2.09. The molecule has 0 amide bonds. The second-order valence-corrected chi connectivity index (χ2v) is 5.14. The minimum atomic E-state index is -0.249. The molecule has 0 fully saturated rings. The quantitative estimate of drug-likeness (QED) is 0.767. The molecule has 1 atom stereocenters. The fourth-order valence-corrected chi connectivity index (χ4v) is 2.19.